The first-order valence-corrected chi connectivity index (χ1v) is 10.3. The minimum Gasteiger partial charge on any atom is -0.497 e. The molecule has 0 radical (unpaired) electrons. The Morgan fingerprint density at radius 3 is 2.27 bits per heavy atom. The number of nitrogens with one attached hydrogen (secondary N) is 1. The molecule has 6 nitrogen and oxygen atoms in total. The molecule has 2 amide bonds. The number of halogens is 1. The van der Waals surface area contributed by atoms with Gasteiger partial charge in [-0.25, -0.2) is 0 Å². The van der Waals surface area contributed by atoms with Crippen LogP contribution in [0.2, 0.25) is 5.02 Å². The summed E-state index contributed by atoms with van der Waals surface area (Å²) in [6, 6.07) is 13.6. The van der Waals surface area contributed by atoms with Crippen LogP contribution in [0.3, 0.4) is 0 Å². The zero-order chi connectivity index (χ0) is 22.1. The lowest BCUT2D eigenvalue weighted by atomic mass is 10.1. The molecule has 0 aromatic heterocycles. The van der Waals surface area contributed by atoms with Gasteiger partial charge >= 0.3 is 0 Å². The number of amides is 2. The van der Waals surface area contributed by atoms with Crippen LogP contribution in [-0.4, -0.2) is 43.0 Å². The number of carbonyl (C=O) groups excluding carboxylic acids is 2. The minimum absolute atomic E-state index is 0.196. The van der Waals surface area contributed by atoms with Crippen molar-refractivity contribution in [3.63, 3.8) is 0 Å². The Labute approximate surface area is 183 Å². The van der Waals surface area contributed by atoms with Crippen molar-refractivity contribution in [1.29, 1.82) is 0 Å². The smallest absolute Gasteiger partial charge is 0.261 e. The second-order valence-corrected chi connectivity index (χ2v) is 7.80. The Hall–Kier alpha value is -2.73. The third kappa shape index (κ3) is 6.95. The molecule has 0 saturated heterocycles. The third-order valence-electron chi connectivity index (χ3n) is 4.57. The first-order valence-electron chi connectivity index (χ1n) is 9.89. The first-order chi connectivity index (χ1) is 14.3. The van der Waals surface area contributed by atoms with E-state index in [9.17, 15) is 9.59 Å². The number of rotatable bonds is 10. The van der Waals surface area contributed by atoms with Crippen LogP contribution < -0.4 is 14.8 Å². The maximum absolute atomic E-state index is 13.0. The molecule has 2 aromatic rings. The van der Waals surface area contributed by atoms with E-state index in [1.54, 1.807) is 44.4 Å². The summed E-state index contributed by atoms with van der Waals surface area (Å²) in [6.07, 6.45) is 0. The number of hydrogen-bond acceptors (Lipinski definition) is 4. The van der Waals surface area contributed by atoms with Crippen molar-refractivity contribution in [2.75, 3.05) is 20.3 Å². The summed E-state index contributed by atoms with van der Waals surface area (Å²) in [5.74, 6) is 1.03. The molecule has 162 valence electrons. The molecule has 7 heteroatoms. The van der Waals surface area contributed by atoms with Crippen molar-refractivity contribution in [2.45, 2.75) is 33.4 Å². The monoisotopic (exact) mass is 432 g/mol. The van der Waals surface area contributed by atoms with Gasteiger partial charge in [0.2, 0.25) is 5.91 Å². The van der Waals surface area contributed by atoms with Crippen LogP contribution >= 0.6 is 11.6 Å². The lowest BCUT2D eigenvalue weighted by Gasteiger charge is -2.29. The number of carbonyl (C=O) groups is 2. The van der Waals surface area contributed by atoms with E-state index in [0.29, 0.717) is 29.0 Å². The van der Waals surface area contributed by atoms with Crippen LogP contribution in [0.25, 0.3) is 0 Å². The van der Waals surface area contributed by atoms with E-state index in [-0.39, 0.29) is 25.0 Å². The number of hydrogen-bond donors (Lipinski definition) is 1. The van der Waals surface area contributed by atoms with Crippen molar-refractivity contribution in [1.82, 2.24) is 10.2 Å². The Morgan fingerprint density at radius 2 is 1.67 bits per heavy atom. The summed E-state index contributed by atoms with van der Waals surface area (Å²) in [7, 11) is 1.58. The zero-order valence-electron chi connectivity index (χ0n) is 17.9. The van der Waals surface area contributed by atoms with Crippen molar-refractivity contribution < 1.29 is 19.1 Å². The Bertz CT molecular complexity index is 839. The second-order valence-electron chi connectivity index (χ2n) is 7.39. The molecule has 0 heterocycles. The van der Waals surface area contributed by atoms with E-state index in [1.165, 1.54) is 4.90 Å². The molecular formula is C23H29ClN2O4. The molecule has 0 aliphatic carbocycles. The molecular weight excluding hydrogens is 404 g/mol. The fourth-order valence-electron chi connectivity index (χ4n) is 2.75. The summed E-state index contributed by atoms with van der Waals surface area (Å²) < 4.78 is 10.8. The van der Waals surface area contributed by atoms with Crippen LogP contribution in [0.1, 0.15) is 26.3 Å². The maximum Gasteiger partial charge on any atom is 0.261 e. The number of ether oxygens (including phenoxy) is 2. The van der Waals surface area contributed by atoms with Gasteiger partial charge in [-0.3, -0.25) is 9.59 Å². The quantitative estimate of drug-likeness (QED) is 0.618. The molecule has 1 atom stereocenters. The first kappa shape index (κ1) is 23.5. The van der Waals surface area contributed by atoms with Gasteiger partial charge in [-0.2, -0.15) is 0 Å². The highest BCUT2D eigenvalue weighted by atomic mass is 35.5. The molecule has 0 aliphatic heterocycles. The van der Waals surface area contributed by atoms with Gasteiger partial charge in [0.25, 0.3) is 5.91 Å². The van der Waals surface area contributed by atoms with Gasteiger partial charge in [-0.05, 0) is 48.7 Å². The van der Waals surface area contributed by atoms with E-state index in [4.69, 9.17) is 21.1 Å². The fourth-order valence-corrected chi connectivity index (χ4v) is 2.94. The van der Waals surface area contributed by atoms with E-state index >= 15 is 0 Å². The largest absolute Gasteiger partial charge is 0.497 e. The Balaban J connectivity index is 2.12. The SMILES string of the molecule is COc1ccc(OCC(=O)N(Cc2ccccc2Cl)C(C)C(=O)NCC(C)C)cc1. The normalized spacial score (nSPS) is 11.7. The lowest BCUT2D eigenvalue weighted by Crippen LogP contribution is -2.49. The van der Waals surface area contributed by atoms with Crippen LogP contribution in [0, 0.1) is 5.92 Å². The number of nitrogens with zero attached hydrogens (tertiary/aromatic N) is 1. The van der Waals surface area contributed by atoms with E-state index in [0.717, 1.165) is 5.56 Å². The highest BCUT2D eigenvalue weighted by molar-refractivity contribution is 6.31. The van der Waals surface area contributed by atoms with Crippen molar-refractivity contribution >= 4 is 23.4 Å². The van der Waals surface area contributed by atoms with E-state index in [1.807, 2.05) is 32.0 Å². The highest BCUT2D eigenvalue weighted by Crippen LogP contribution is 2.20. The summed E-state index contributed by atoms with van der Waals surface area (Å²) in [6.45, 7) is 6.29. The molecule has 0 fully saturated rings. The van der Waals surface area contributed by atoms with Gasteiger partial charge in [0.15, 0.2) is 6.61 Å². The lowest BCUT2D eigenvalue weighted by molar-refractivity contribution is -0.142. The topological polar surface area (TPSA) is 67.9 Å². The van der Waals surface area contributed by atoms with Crippen molar-refractivity contribution in [2.24, 2.45) is 5.92 Å². The van der Waals surface area contributed by atoms with Gasteiger partial charge in [0.1, 0.15) is 17.5 Å². The summed E-state index contributed by atoms with van der Waals surface area (Å²) in [4.78, 5) is 27.1. The van der Waals surface area contributed by atoms with Crippen molar-refractivity contribution in [3.05, 3.63) is 59.1 Å². The molecule has 2 aromatic carbocycles. The standard InChI is InChI=1S/C23H29ClN2O4/c1-16(2)13-25-23(28)17(3)26(14-18-7-5-6-8-21(18)24)22(27)15-30-20-11-9-19(29-4)10-12-20/h5-12,16-17H,13-15H2,1-4H3,(H,25,28). The highest BCUT2D eigenvalue weighted by Gasteiger charge is 2.27. The molecule has 1 unspecified atom stereocenters. The summed E-state index contributed by atoms with van der Waals surface area (Å²) in [5.41, 5.74) is 0.764. The molecule has 1 N–H and O–H groups in total. The fraction of sp³-hybridized carbons (Fsp3) is 0.391. The van der Waals surface area contributed by atoms with E-state index in [2.05, 4.69) is 5.32 Å². The predicted octanol–water partition coefficient (Wildman–Crippen LogP) is 3.92. The summed E-state index contributed by atoms with van der Waals surface area (Å²) >= 11 is 6.28. The second kappa shape index (κ2) is 11.5. The van der Waals surface area contributed by atoms with Crippen LogP contribution in [0.4, 0.5) is 0 Å². The molecule has 0 bridgehead atoms. The molecule has 0 saturated carbocycles. The molecule has 2 rings (SSSR count). The van der Waals surface area contributed by atoms with E-state index < -0.39 is 6.04 Å². The predicted molar refractivity (Wildman–Crippen MR) is 118 cm³/mol. The van der Waals surface area contributed by atoms with Crippen LogP contribution in [0.15, 0.2) is 48.5 Å². The summed E-state index contributed by atoms with van der Waals surface area (Å²) in [5, 5.41) is 3.43. The van der Waals surface area contributed by atoms with Gasteiger partial charge in [-0.15, -0.1) is 0 Å². The van der Waals surface area contributed by atoms with Crippen LogP contribution in [0.5, 0.6) is 11.5 Å². The van der Waals surface area contributed by atoms with Crippen molar-refractivity contribution in [3.8, 4) is 11.5 Å². The minimum atomic E-state index is -0.674. The molecule has 0 spiro atoms. The van der Waals surface area contributed by atoms with Gasteiger partial charge in [-0.1, -0.05) is 43.6 Å². The Kier molecular flexibility index (Phi) is 8.99. The number of benzene rings is 2. The average molecular weight is 433 g/mol. The Morgan fingerprint density at radius 1 is 1.03 bits per heavy atom. The zero-order valence-corrected chi connectivity index (χ0v) is 18.6. The molecule has 0 aliphatic rings. The maximum atomic E-state index is 13.0. The molecule has 30 heavy (non-hydrogen) atoms. The van der Waals surface area contributed by atoms with Crippen LogP contribution in [-0.2, 0) is 16.1 Å². The number of methoxy groups -OCH3 is 1. The van der Waals surface area contributed by atoms with Gasteiger partial charge in [0, 0.05) is 18.1 Å². The third-order valence-corrected chi connectivity index (χ3v) is 4.94. The van der Waals surface area contributed by atoms with Gasteiger partial charge in [0.05, 0.1) is 7.11 Å². The van der Waals surface area contributed by atoms with Gasteiger partial charge < -0.3 is 19.7 Å². The average Bonchev–Trinajstić information content (AvgIpc) is 2.75.